The van der Waals surface area contributed by atoms with Crippen molar-refractivity contribution in [3.8, 4) is 0 Å². The van der Waals surface area contributed by atoms with Crippen LogP contribution >= 0.6 is 0 Å². The molecule has 302 valence electrons. The molecule has 1 saturated carbocycles. The summed E-state index contributed by atoms with van der Waals surface area (Å²) >= 11 is 0. The van der Waals surface area contributed by atoms with E-state index in [4.69, 9.17) is 23.7 Å². The zero-order chi connectivity index (χ0) is 38.4. The number of likely N-dealkylation sites (tertiary alicyclic amines) is 2. The van der Waals surface area contributed by atoms with Gasteiger partial charge in [-0.3, -0.25) is 24.0 Å². The molecular weight excluding hydrogens is 700 g/mol. The number of fused-ring (bicyclic) bond motifs is 2. The number of ether oxygens (including phenoxy) is 5. The molecule has 6 saturated heterocycles. The van der Waals surface area contributed by atoms with Gasteiger partial charge in [-0.15, -0.1) is 0 Å². The SMILES string of the molecule is CC(C)(C)CC(OC(=O)N1CCOCC1)C(=O)N1CCC2OCC(=O)C21.O=C1COC2CCN(C(=O)C(CC(=O)N3CCOCC3)CC3CCCCC3)C12. The van der Waals surface area contributed by atoms with Gasteiger partial charge in [-0.2, -0.15) is 0 Å². The molecule has 4 amide bonds. The first-order valence-electron chi connectivity index (χ1n) is 20.2. The van der Waals surface area contributed by atoms with Gasteiger partial charge in [0.25, 0.3) is 5.91 Å². The summed E-state index contributed by atoms with van der Waals surface area (Å²) < 4.78 is 27.2. The van der Waals surface area contributed by atoms with Gasteiger partial charge in [0.15, 0.2) is 17.7 Å². The topological polar surface area (TPSA) is 162 Å². The predicted molar refractivity (Wildman–Crippen MR) is 193 cm³/mol. The van der Waals surface area contributed by atoms with Gasteiger partial charge in [0.1, 0.15) is 25.3 Å². The fraction of sp³-hybridized carbons (Fsp3) is 0.846. The van der Waals surface area contributed by atoms with E-state index in [1.165, 1.54) is 19.3 Å². The van der Waals surface area contributed by atoms with E-state index in [1.54, 1.807) is 14.7 Å². The zero-order valence-electron chi connectivity index (χ0n) is 32.4. The molecule has 0 N–H and O–H groups in total. The lowest BCUT2D eigenvalue weighted by Gasteiger charge is -2.33. The molecule has 0 aromatic rings. The second kappa shape index (κ2) is 18.2. The number of carbonyl (C=O) groups is 6. The summed E-state index contributed by atoms with van der Waals surface area (Å²) in [6.07, 6.45) is 6.96. The predicted octanol–water partition coefficient (Wildman–Crippen LogP) is 2.22. The van der Waals surface area contributed by atoms with E-state index in [2.05, 4.69) is 0 Å². The van der Waals surface area contributed by atoms with Crippen LogP contribution in [0.15, 0.2) is 0 Å². The molecule has 0 aromatic heterocycles. The summed E-state index contributed by atoms with van der Waals surface area (Å²) in [6.45, 7) is 11.3. The van der Waals surface area contributed by atoms with E-state index in [-0.39, 0.29) is 72.5 Å². The molecule has 0 spiro atoms. The van der Waals surface area contributed by atoms with Gasteiger partial charge in [-0.1, -0.05) is 52.9 Å². The van der Waals surface area contributed by atoms with Gasteiger partial charge < -0.3 is 43.3 Å². The molecule has 1 aliphatic carbocycles. The lowest BCUT2D eigenvalue weighted by atomic mass is 9.81. The van der Waals surface area contributed by atoms with Gasteiger partial charge in [0, 0.05) is 51.6 Å². The first-order valence-corrected chi connectivity index (χ1v) is 20.2. The molecule has 15 nitrogen and oxygen atoms in total. The van der Waals surface area contributed by atoms with Crippen molar-refractivity contribution < 1.29 is 52.5 Å². The van der Waals surface area contributed by atoms with Crippen LogP contribution in [0.25, 0.3) is 0 Å². The number of morpholine rings is 2. The van der Waals surface area contributed by atoms with Crippen LogP contribution in [0.2, 0.25) is 0 Å². The molecule has 6 aliphatic heterocycles. The van der Waals surface area contributed by atoms with Gasteiger partial charge in [-0.05, 0) is 37.0 Å². The quantitative estimate of drug-likeness (QED) is 0.357. The average Bonchev–Trinajstić information content (AvgIpc) is 3.96. The van der Waals surface area contributed by atoms with E-state index in [1.807, 2.05) is 25.7 Å². The average molecular weight is 761 g/mol. The smallest absolute Gasteiger partial charge is 0.410 e. The molecule has 0 radical (unpaired) electrons. The van der Waals surface area contributed by atoms with Crippen molar-refractivity contribution in [1.29, 1.82) is 0 Å². The third-order valence-corrected chi connectivity index (χ3v) is 11.9. The Labute approximate surface area is 318 Å². The lowest BCUT2D eigenvalue weighted by Crippen LogP contribution is -2.50. The largest absolute Gasteiger partial charge is 0.436 e. The van der Waals surface area contributed by atoms with Crippen LogP contribution in [0.3, 0.4) is 0 Å². The molecule has 7 rings (SSSR count). The third-order valence-electron chi connectivity index (χ3n) is 11.9. The van der Waals surface area contributed by atoms with Crippen LogP contribution < -0.4 is 0 Å². The van der Waals surface area contributed by atoms with Crippen molar-refractivity contribution in [1.82, 2.24) is 19.6 Å². The number of nitrogens with zero attached hydrogens (tertiary/aromatic N) is 4. The van der Waals surface area contributed by atoms with Crippen molar-refractivity contribution in [2.75, 3.05) is 78.9 Å². The molecule has 0 aromatic carbocycles. The lowest BCUT2D eigenvalue weighted by molar-refractivity contribution is -0.146. The summed E-state index contributed by atoms with van der Waals surface area (Å²) in [5.74, 6) is -0.157. The second-order valence-electron chi connectivity index (χ2n) is 17.0. The number of Topliss-reactive ketones (excluding diaryl/α,β-unsaturated/α-hetero) is 2. The van der Waals surface area contributed by atoms with Gasteiger partial charge in [0.05, 0.1) is 38.6 Å². The highest BCUT2D eigenvalue weighted by Crippen LogP contribution is 2.35. The van der Waals surface area contributed by atoms with Crippen molar-refractivity contribution in [3.05, 3.63) is 0 Å². The molecule has 0 bridgehead atoms. The maximum atomic E-state index is 13.4. The van der Waals surface area contributed by atoms with E-state index in [0.717, 1.165) is 25.7 Å². The Morgan fingerprint density at radius 1 is 0.704 bits per heavy atom. The minimum absolute atomic E-state index is 0.00627. The Bertz CT molecular complexity index is 1370. The number of ketones is 2. The number of rotatable bonds is 8. The Morgan fingerprint density at radius 3 is 1.76 bits per heavy atom. The van der Waals surface area contributed by atoms with Crippen molar-refractivity contribution >= 4 is 35.4 Å². The van der Waals surface area contributed by atoms with Crippen molar-refractivity contribution in [2.24, 2.45) is 17.3 Å². The van der Waals surface area contributed by atoms with Crippen LogP contribution in [-0.2, 0) is 47.7 Å². The van der Waals surface area contributed by atoms with Gasteiger partial charge in [0.2, 0.25) is 11.8 Å². The fourth-order valence-corrected chi connectivity index (χ4v) is 9.03. The van der Waals surface area contributed by atoms with Crippen molar-refractivity contribution in [2.45, 2.75) is 115 Å². The zero-order valence-corrected chi connectivity index (χ0v) is 32.4. The second-order valence-corrected chi connectivity index (χ2v) is 17.0. The Morgan fingerprint density at radius 2 is 1.22 bits per heavy atom. The fourth-order valence-electron chi connectivity index (χ4n) is 9.03. The van der Waals surface area contributed by atoms with Crippen LogP contribution in [0.4, 0.5) is 4.79 Å². The molecular formula is C39H60N4O11. The standard InChI is InChI=1S/C21H32N2O5.C18H28N2O6/c24-17-14-28-18-6-7-23(20(17)18)21(26)16(12-15-4-2-1-3-5-15)13-19(25)22-8-10-27-11-9-22;1-18(2,3)10-14(26-17(23)19-6-8-24-9-7-19)16(22)20-5-4-13-15(20)12(21)11-25-13/h15-16,18,20H,1-14H2;13-15H,4-11H2,1-3H3. The number of carbonyl (C=O) groups excluding carboxylic acids is 6. The van der Waals surface area contributed by atoms with E-state index in [9.17, 15) is 28.8 Å². The van der Waals surface area contributed by atoms with Crippen LogP contribution in [0.5, 0.6) is 0 Å². The Hall–Kier alpha value is -3.14. The summed E-state index contributed by atoms with van der Waals surface area (Å²) in [5.41, 5.74) is -0.207. The van der Waals surface area contributed by atoms with Gasteiger partial charge in [-0.25, -0.2) is 4.79 Å². The number of hydrogen-bond donors (Lipinski definition) is 0. The summed E-state index contributed by atoms with van der Waals surface area (Å²) in [7, 11) is 0. The van der Waals surface area contributed by atoms with Crippen LogP contribution in [0.1, 0.15) is 85.0 Å². The van der Waals surface area contributed by atoms with E-state index >= 15 is 0 Å². The first kappa shape index (κ1) is 40.5. The first-order chi connectivity index (χ1) is 25.9. The molecule has 54 heavy (non-hydrogen) atoms. The van der Waals surface area contributed by atoms with Crippen LogP contribution in [0, 0.1) is 17.3 Å². The molecule has 6 heterocycles. The number of hydrogen-bond acceptors (Lipinski definition) is 11. The maximum absolute atomic E-state index is 13.4. The third kappa shape index (κ3) is 9.99. The molecule has 6 atom stereocenters. The van der Waals surface area contributed by atoms with E-state index in [0.29, 0.717) is 84.5 Å². The summed E-state index contributed by atoms with van der Waals surface area (Å²) in [6, 6.07) is -0.966. The van der Waals surface area contributed by atoms with Crippen molar-refractivity contribution in [3.63, 3.8) is 0 Å². The highest BCUT2D eigenvalue weighted by atomic mass is 16.6. The Balaban J connectivity index is 0.000000185. The molecule has 7 fully saturated rings. The van der Waals surface area contributed by atoms with Gasteiger partial charge >= 0.3 is 6.09 Å². The minimum atomic E-state index is -0.905. The molecule has 15 heteroatoms. The highest BCUT2D eigenvalue weighted by Gasteiger charge is 2.50. The summed E-state index contributed by atoms with van der Waals surface area (Å²) in [4.78, 5) is 82.9. The van der Waals surface area contributed by atoms with E-state index < -0.39 is 24.3 Å². The van der Waals surface area contributed by atoms with Crippen LogP contribution in [-0.4, -0.2) is 164 Å². The molecule has 7 aliphatic rings. The highest BCUT2D eigenvalue weighted by molar-refractivity contribution is 5.95. The molecule has 6 unspecified atom stereocenters. The summed E-state index contributed by atoms with van der Waals surface area (Å²) in [5, 5.41) is 0. The minimum Gasteiger partial charge on any atom is -0.436 e. The monoisotopic (exact) mass is 760 g/mol. The maximum Gasteiger partial charge on any atom is 0.410 e. The normalized spacial score (nSPS) is 28.6. The number of amides is 4. The Kier molecular flexibility index (Phi) is 13.7.